The molecule has 0 spiro atoms. The number of piperazine rings is 1. The molecular weight excluding hydrogens is 752 g/mol. The third-order valence-corrected chi connectivity index (χ3v) is 11.5. The second kappa shape index (κ2) is 17.8. The maximum atomic E-state index is 14.3. The SMILES string of the molecule is CO[C@H]1/C=C/O[C@@]2(C)Oc3cc(O)c4c(O)c(c(/C=N/N5CCN(C)CC5)c(O)c4c3C2=O)NC(=O)/C(C)=C/C=C/[C@H](C)[C@H](O)[C@@H](C)[C@@H](O)[C@@H](C)[C@H](OC(C)=O)[C@@H]1C. The fraction of sp³-hybridized carbons (Fsp3) is 0.524. The van der Waals surface area contributed by atoms with Gasteiger partial charge in [0.1, 0.15) is 23.4 Å². The number of allylic oxidation sites excluding steroid dienone is 2. The lowest BCUT2D eigenvalue weighted by Gasteiger charge is -2.38. The molecule has 1 saturated heterocycles. The van der Waals surface area contributed by atoms with Gasteiger partial charge in [0.15, 0.2) is 5.75 Å². The number of nitrogens with zero attached hydrogens (tertiary/aromatic N) is 3. The van der Waals surface area contributed by atoms with E-state index in [2.05, 4.69) is 15.3 Å². The van der Waals surface area contributed by atoms with Crippen molar-refractivity contribution in [1.29, 1.82) is 0 Å². The van der Waals surface area contributed by atoms with E-state index in [4.69, 9.17) is 18.9 Å². The van der Waals surface area contributed by atoms with Crippen molar-refractivity contribution >= 4 is 40.3 Å². The van der Waals surface area contributed by atoms with Crippen LogP contribution in [0, 0.1) is 23.7 Å². The average molecular weight is 809 g/mol. The number of methoxy groups -OCH3 is 1. The minimum Gasteiger partial charge on any atom is -0.507 e. The maximum absolute atomic E-state index is 14.3. The molecule has 16 nitrogen and oxygen atoms in total. The Hall–Kier alpha value is -5.16. The third kappa shape index (κ3) is 8.79. The number of Topliss-reactive ketones (excluding diaryl/α,β-unsaturated/α-hetero) is 1. The lowest BCUT2D eigenvalue weighted by molar-refractivity contribution is -0.160. The molecule has 1 fully saturated rings. The standard InChI is InChI=1S/C42H56N4O12/c1-21-11-10-12-22(2)41(54)44-34-27(20-43-46-16-14-45(8)15-17-46)37(51)33-31(38(34)52)28(48)19-30-32(33)40(53)42(7,58-30)56-18-13-29(55-9)23(3)39(57-26(6)47)25(5)36(50)24(4)35(21)49/h10-13,18-21,23-25,29,35-36,39,48-52H,14-17H2,1-9H3,(H,44,54)/b11-10+,18-13+,22-12+,43-20+/t21-,23+,24+,25+,29-,35-,36+,39+,42-/m0/s1. The lowest BCUT2D eigenvalue weighted by atomic mass is 9.78. The highest BCUT2D eigenvalue weighted by molar-refractivity contribution is 6.23. The van der Waals surface area contributed by atoms with Crippen molar-refractivity contribution in [3.63, 3.8) is 0 Å². The molecule has 0 saturated carbocycles. The topological polar surface area (TPSA) is 220 Å². The van der Waals surface area contributed by atoms with Gasteiger partial charge in [0.2, 0.25) is 0 Å². The van der Waals surface area contributed by atoms with Crippen LogP contribution in [0.2, 0.25) is 0 Å². The Kier molecular flexibility index (Phi) is 13.5. The minimum atomic E-state index is -2.03. The predicted molar refractivity (Wildman–Crippen MR) is 216 cm³/mol. The van der Waals surface area contributed by atoms with Crippen molar-refractivity contribution in [3.05, 3.63) is 53.3 Å². The number of hydrogen-bond donors (Lipinski definition) is 6. The number of hydrogen-bond acceptors (Lipinski definition) is 15. The number of nitrogens with one attached hydrogen (secondary N) is 1. The highest BCUT2D eigenvalue weighted by atomic mass is 16.7. The summed E-state index contributed by atoms with van der Waals surface area (Å²) >= 11 is 0. The molecule has 6 N–H and O–H groups in total. The fourth-order valence-corrected chi connectivity index (χ4v) is 7.71. The molecule has 4 heterocycles. The van der Waals surface area contributed by atoms with Crippen LogP contribution in [0.3, 0.4) is 0 Å². The van der Waals surface area contributed by atoms with Gasteiger partial charge in [-0.1, -0.05) is 45.9 Å². The second-order valence-electron chi connectivity index (χ2n) is 15.7. The summed E-state index contributed by atoms with van der Waals surface area (Å²) in [6.07, 6.45) is 4.84. The summed E-state index contributed by atoms with van der Waals surface area (Å²) < 4.78 is 23.4. The van der Waals surface area contributed by atoms with E-state index in [0.29, 0.717) is 13.1 Å². The maximum Gasteiger partial charge on any atom is 0.312 e. The van der Waals surface area contributed by atoms with Gasteiger partial charge in [-0.05, 0) is 20.0 Å². The molecule has 1 amide bonds. The van der Waals surface area contributed by atoms with Crippen molar-refractivity contribution < 1.29 is 58.9 Å². The van der Waals surface area contributed by atoms with Crippen LogP contribution in [-0.2, 0) is 23.8 Å². The molecule has 0 aliphatic carbocycles. The number of phenolic OH excluding ortho intramolecular Hbond substituents is 3. The first kappa shape index (κ1) is 44.0. The predicted octanol–water partition coefficient (Wildman–Crippen LogP) is 4.03. The molecular formula is C42H56N4O12. The van der Waals surface area contributed by atoms with Crippen LogP contribution in [0.25, 0.3) is 10.8 Å². The van der Waals surface area contributed by atoms with E-state index in [-0.39, 0.29) is 38.9 Å². The van der Waals surface area contributed by atoms with E-state index >= 15 is 0 Å². The minimum absolute atomic E-state index is 0.136. The Morgan fingerprint density at radius 3 is 2.29 bits per heavy atom. The third-order valence-electron chi connectivity index (χ3n) is 11.5. The van der Waals surface area contributed by atoms with Gasteiger partial charge in [0, 0.05) is 87.8 Å². The number of anilines is 1. The zero-order valence-electron chi connectivity index (χ0n) is 34.4. The van der Waals surface area contributed by atoms with Crippen molar-refractivity contribution in [1.82, 2.24) is 9.91 Å². The van der Waals surface area contributed by atoms with Crippen molar-refractivity contribution in [2.45, 2.75) is 78.7 Å². The number of carbonyl (C=O) groups is 3. The Morgan fingerprint density at radius 2 is 1.66 bits per heavy atom. The van der Waals surface area contributed by atoms with Gasteiger partial charge in [0.25, 0.3) is 11.7 Å². The number of ketones is 1. The van der Waals surface area contributed by atoms with E-state index < -0.39 is 88.8 Å². The Bertz CT molecular complexity index is 2020. The van der Waals surface area contributed by atoms with Gasteiger partial charge in [-0.15, -0.1) is 0 Å². The van der Waals surface area contributed by atoms with Crippen LogP contribution in [0.4, 0.5) is 5.69 Å². The number of ether oxygens (including phenoxy) is 4. The van der Waals surface area contributed by atoms with E-state index in [1.807, 2.05) is 7.05 Å². The van der Waals surface area contributed by atoms with Crippen molar-refractivity contribution in [2.75, 3.05) is 45.7 Å². The number of carbonyl (C=O) groups excluding carboxylic acids is 3. The number of rotatable bonds is 4. The second-order valence-corrected chi connectivity index (χ2v) is 15.7. The van der Waals surface area contributed by atoms with Crippen LogP contribution < -0.4 is 10.1 Å². The number of hydrazone groups is 1. The number of phenols is 3. The van der Waals surface area contributed by atoms with E-state index in [9.17, 15) is 39.9 Å². The fourth-order valence-electron chi connectivity index (χ4n) is 7.71. The zero-order chi connectivity index (χ0) is 42.8. The van der Waals surface area contributed by atoms with E-state index in [0.717, 1.165) is 19.2 Å². The molecule has 2 aromatic rings. The molecule has 0 radical (unpaired) electrons. The normalized spacial score (nSPS) is 32.4. The molecule has 16 heteroatoms. The summed E-state index contributed by atoms with van der Waals surface area (Å²) in [6, 6.07) is 1.11. The Morgan fingerprint density at radius 1 is 0.983 bits per heavy atom. The largest absolute Gasteiger partial charge is 0.507 e. The number of aromatic hydroxyl groups is 3. The number of aliphatic hydroxyl groups is 2. The quantitative estimate of drug-likeness (QED) is 0.111. The first-order valence-corrected chi connectivity index (χ1v) is 19.4. The van der Waals surface area contributed by atoms with Gasteiger partial charge in [-0.25, -0.2) is 0 Å². The molecule has 316 valence electrons. The monoisotopic (exact) mass is 808 g/mol. The summed E-state index contributed by atoms with van der Waals surface area (Å²) in [5, 5.41) is 66.2. The number of likely N-dealkylation sites (N-methyl/N-ethyl adjacent to an activating group) is 1. The van der Waals surface area contributed by atoms with Gasteiger partial charge < -0.3 is 54.7 Å². The summed E-state index contributed by atoms with van der Waals surface area (Å²) in [4.78, 5) is 42.4. The van der Waals surface area contributed by atoms with Crippen LogP contribution in [0.15, 0.2) is 47.3 Å². The Labute approximate surface area is 338 Å². The Balaban J connectivity index is 1.68. The number of amides is 1. The molecule has 6 rings (SSSR count). The number of fused-ring (bicyclic) bond motifs is 14. The van der Waals surface area contributed by atoms with Crippen LogP contribution in [0.5, 0.6) is 23.0 Å². The molecule has 5 bridgehead atoms. The number of aliphatic hydroxyl groups excluding tert-OH is 2. The zero-order valence-corrected chi connectivity index (χ0v) is 34.4. The van der Waals surface area contributed by atoms with E-state index in [1.54, 1.807) is 44.9 Å². The smallest absolute Gasteiger partial charge is 0.312 e. The van der Waals surface area contributed by atoms with Gasteiger partial charge in [-0.2, -0.15) is 5.10 Å². The van der Waals surface area contributed by atoms with Crippen molar-refractivity contribution in [2.24, 2.45) is 28.8 Å². The summed E-state index contributed by atoms with van der Waals surface area (Å²) in [7, 11) is 3.42. The summed E-state index contributed by atoms with van der Waals surface area (Å²) in [5.74, 6) is -8.44. The molecule has 2 aromatic carbocycles. The summed E-state index contributed by atoms with van der Waals surface area (Å²) in [5.41, 5.74) is -0.430. The molecule has 0 unspecified atom stereocenters. The van der Waals surface area contributed by atoms with Gasteiger partial charge in [0.05, 0.1) is 53.0 Å². The van der Waals surface area contributed by atoms with Crippen LogP contribution >= 0.6 is 0 Å². The molecule has 4 aliphatic rings. The van der Waals surface area contributed by atoms with Gasteiger partial charge in [-0.3, -0.25) is 19.4 Å². The molecule has 9 atom stereocenters. The van der Waals surface area contributed by atoms with Crippen LogP contribution in [0.1, 0.15) is 64.4 Å². The van der Waals surface area contributed by atoms with Gasteiger partial charge >= 0.3 is 11.8 Å². The number of benzene rings is 2. The molecule has 0 aromatic heterocycles. The highest BCUT2D eigenvalue weighted by Crippen LogP contribution is 2.53. The van der Waals surface area contributed by atoms with Crippen LogP contribution in [-0.4, -0.2) is 130 Å². The first-order valence-electron chi connectivity index (χ1n) is 19.4. The summed E-state index contributed by atoms with van der Waals surface area (Å²) in [6.45, 7) is 13.6. The molecule has 58 heavy (non-hydrogen) atoms. The molecule has 4 aliphatic heterocycles. The average Bonchev–Trinajstić information content (AvgIpc) is 3.43. The lowest BCUT2D eigenvalue weighted by Crippen LogP contribution is -2.46. The highest BCUT2D eigenvalue weighted by Gasteiger charge is 2.49. The number of esters is 1. The first-order chi connectivity index (χ1) is 27.3. The van der Waals surface area contributed by atoms with E-state index in [1.165, 1.54) is 52.5 Å². The van der Waals surface area contributed by atoms with Crippen molar-refractivity contribution in [3.8, 4) is 23.0 Å².